The normalized spacial score (nSPS) is 17.3. The summed E-state index contributed by atoms with van der Waals surface area (Å²) in [6, 6.07) is 15.1. The minimum absolute atomic E-state index is 0.330. The van der Waals surface area contributed by atoms with E-state index in [-0.39, 0.29) is 0 Å². The SMILES string of the molecule is COc1cc2c(cc1OC)[C@H](C)N(c1ccccc1)CC2. The highest BCUT2D eigenvalue weighted by Gasteiger charge is 2.25. The minimum Gasteiger partial charge on any atom is -0.493 e. The fourth-order valence-electron chi connectivity index (χ4n) is 3.12. The van der Waals surface area contributed by atoms with Crippen LogP contribution in [-0.2, 0) is 6.42 Å². The summed E-state index contributed by atoms with van der Waals surface area (Å²) in [6.07, 6.45) is 1.02. The van der Waals surface area contributed by atoms with Crippen molar-refractivity contribution in [2.45, 2.75) is 19.4 Å². The van der Waals surface area contributed by atoms with Gasteiger partial charge in [0.2, 0.25) is 0 Å². The lowest BCUT2D eigenvalue weighted by atomic mass is 9.92. The Morgan fingerprint density at radius 3 is 2.33 bits per heavy atom. The number of hydrogen-bond acceptors (Lipinski definition) is 3. The van der Waals surface area contributed by atoms with E-state index < -0.39 is 0 Å². The summed E-state index contributed by atoms with van der Waals surface area (Å²) in [5, 5.41) is 0. The van der Waals surface area contributed by atoms with Crippen LogP contribution in [0, 0.1) is 0 Å². The summed E-state index contributed by atoms with van der Waals surface area (Å²) in [6.45, 7) is 3.27. The van der Waals surface area contributed by atoms with Gasteiger partial charge in [0.1, 0.15) is 0 Å². The van der Waals surface area contributed by atoms with Crippen LogP contribution in [0.1, 0.15) is 24.1 Å². The van der Waals surface area contributed by atoms with Gasteiger partial charge in [0.15, 0.2) is 11.5 Å². The van der Waals surface area contributed by atoms with Gasteiger partial charge in [-0.2, -0.15) is 0 Å². The van der Waals surface area contributed by atoms with Gasteiger partial charge >= 0.3 is 0 Å². The van der Waals surface area contributed by atoms with E-state index in [0.717, 1.165) is 24.5 Å². The highest BCUT2D eigenvalue weighted by Crippen LogP contribution is 2.39. The summed E-state index contributed by atoms with van der Waals surface area (Å²) in [7, 11) is 3.37. The van der Waals surface area contributed by atoms with Gasteiger partial charge in [-0.3, -0.25) is 0 Å². The number of nitrogens with zero attached hydrogens (tertiary/aromatic N) is 1. The lowest BCUT2D eigenvalue weighted by Gasteiger charge is -2.37. The van der Waals surface area contributed by atoms with E-state index >= 15 is 0 Å². The van der Waals surface area contributed by atoms with Crippen molar-refractivity contribution in [3.63, 3.8) is 0 Å². The van der Waals surface area contributed by atoms with Crippen molar-refractivity contribution >= 4 is 5.69 Å². The lowest BCUT2D eigenvalue weighted by Crippen LogP contribution is -2.33. The third-order valence-corrected chi connectivity index (χ3v) is 4.27. The molecule has 0 radical (unpaired) electrons. The number of rotatable bonds is 3. The molecule has 0 amide bonds. The molecule has 0 saturated carbocycles. The zero-order chi connectivity index (χ0) is 14.8. The molecular weight excluding hydrogens is 262 g/mol. The number of anilines is 1. The second kappa shape index (κ2) is 5.68. The maximum absolute atomic E-state index is 5.45. The minimum atomic E-state index is 0.330. The van der Waals surface area contributed by atoms with E-state index in [4.69, 9.17) is 9.47 Å². The van der Waals surface area contributed by atoms with Gasteiger partial charge in [-0.1, -0.05) is 18.2 Å². The average Bonchev–Trinajstić information content (AvgIpc) is 2.55. The third kappa shape index (κ3) is 2.44. The van der Waals surface area contributed by atoms with Gasteiger partial charge in [-0.05, 0) is 48.7 Å². The Labute approximate surface area is 126 Å². The highest BCUT2D eigenvalue weighted by atomic mass is 16.5. The molecule has 0 bridgehead atoms. The van der Waals surface area contributed by atoms with Gasteiger partial charge in [-0.25, -0.2) is 0 Å². The largest absolute Gasteiger partial charge is 0.493 e. The fourth-order valence-corrected chi connectivity index (χ4v) is 3.12. The number of hydrogen-bond donors (Lipinski definition) is 0. The van der Waals surface area contributed by atoms with Crippen molar-refractivity contribution in [2.24, 2.45) is 0 Å². The number of fused-ring (bicyclic) bond motifs is 1. The van der Waals surface area contributed by atoms with Gasteiger partial charge in [-0.15, -0.1) is 0 Å². The van der Waals surface area contributed by atoms with Gasteiger partial charge in [0.05, 0.1) is 20.3 Å². The van der Waals surface area contributed by atoms with Crippen molar-refractivity contribution in [1.82, 2.24) is 0 Å². The van der Waals surface area contributed by atoms with Crippen LogP contribution in [0.5, 0.6) is 11.5 Å². The van der Waals surface area contributed by atoms with E-state index in [1.807, 2.05) is 0 Å². The van der Waals surface area contributed by atoms with Crippen LogP contribution in [0.3, 0.4) is 0 Å². The van der Waals surface area contributed by atoms with E-state index in [1.165, 1.54) is 16.8 Å². The van der Waals surface area contributed by atoms with Gasteiger partial charge < -0.3 is 14.4 Å². The zero-order valence-electron chi connectivity index (χ0n) is 12.8. The molecular formula is C18H21NO2. The molecule has 1 heterocycles. The highest BCUT2D eigenvalue weighted by molar-refractivity contribution is 5.55. The first-order valence-electron chi connectivity index (χ1n) is 7.31. The molecule has 110 valence electrons. The molecule has 3 nitrogen and oxygen atoms in total. The monoisotopic (exact) mass is 283 g/mol. The molecule has 2 aromatic rings. The van der Waals surface area contributed by atoms with E-state index in [9.17, 15) is 0 Å². The topological polar surface area (TPSA) is 21.7 Å². The van der Waals surface area contributed by atoms with Crippen LogP contribution in [0.25, 0.3) is 0 Å². The molecule has 3 rings (SSSR count). The molecule has 2 aromatic carbocycles. The molecule has 0 aromatic heterocycles. The quantitative estimate of drug-likeness (QED) is 0.854. The Hall–Kier alpha value is -2.16. The van der Waals surface area contributed by atoms with Crippen molar-refractivity contribution in [3.8, 4) is 11.5 Å². The molecule has 0 aliphatic carbocycles. The summed E-state index contributed by atoms with van der Waals surface area (Å²) >= 11 is 0. The molecule has 21 heavy (non-hydrogen) atoms. The third-order valence-electron chi connectivity index (χ3n) is 4.27. The standard InChI is InChI=1S/C18H21NO2/c1-13-16-12-18(21-3)17(20-2)11-14(16)9-10-19(13)15-7-5-4-6-8-15/h4-8,11-13H,9-10H2,1-3H3/t13-/m0/s1. The van der Waals surface area contributed by atoms with Crippen molar-refractivity contribution < 1.29 is 9.47 Å². The Kier molecular flexibility index (Phi) is 3.74. The first kappa shape index (κ1) is 13.8. The zero-order valence-corrected chi connectivity index (χ0v) is 12.8. The van der Waals surface area contributed by atoms with E-state index in [1.54, 1.807) is 14.2 Å². The number of methoxy groups -OCH3 is 2. The fraction of sp³-hybridized carbons (Fsp3) is 0.333. The van der Waals surface area contributed by atoms with Gasteiger partial charge in [0.25, 0.3) is 0 Å². The second-order valence-corrected chi connectivity index (χ2v) is 5.36. The van der Waals surface area contributed by atoms with Crippen molar-refractivity contribution in [1.29, 1.82) is 0 Å². The van der Waals surface area contributed by atoms with E-state index in [0.29, 0.717) is 6.04 Å². The Morgan fingerprint density at radius 2 is 1.67 bits per heavy atom. The molecule has 3 heteroatoms. The molecule has 0 saturated heterocycles. The predicted octanol–water partition coefficient (Wildman–Crippen LogP) is 3.83. The van der Waals surface area contributed by atoms with Crippen molar-refractivity contribution in [3.05, 3.63) is 53.6 Å². The maximum Gasteiger partial charge on any atom is 0.161 e. The van der Waals surface area contributed by atoms with E-state index in [2.05, 4.69) is 54.3 Å². The summed E-state index contributed by atoms with van der Waals surface area (Å²) in [5.74, 6) is 1.62. The Balaban J connectivity index is 1.99. The van der Waals surface area contributed by atoms with Crippen molar-refractivity contribution in [2.75, 3.05) is 25.7 Å². The smallest absolute Gasteiger partial charge is 0.161 e. The average molecular weight is 283 g/mol. The number of para-hydroxylation sites is 1. The molecule has 1 atom stereocenters. The first-order valence-corrected chi connectivity index (χ1v) is 7.31. The molecule has 0 N–H and O–H groups in total. The maximum atomic E-state index is 5.45. The Morgan fingerprint density at radius 1 is 1.00 bits per heavy atom. The van der Waals surface area contributed by atoms with Crippen LogP contribution in [0.2, 0.25) is 0 Å². The predicted molar refractivity (Wildman–Crippen MR) is 85.5 cm³/mol. The molecule has 0 spiro atoms. The van der Waals surface area contributed by atoms with Crippen LogP contribution in [0.15, 0.2) is 42.5 Å². The van der Waals surface area contributed by atoms with Crippen LogP contribution in [-0.4, -0.2) is 20.8 Å². The molecule has 0 unspecified atom stereocenters. The van der Waals surface area contributed by atoms with Crippen LogP contribution in [0.4, 0.5) is 5.69 Å². The summed E-state index contributed by atoms with van der Waals surface area (Å²) in [4.78, 5) is 2.44. The summed E-state index contributed by atoms with van der Waals surface area (Å²) in [5.41, 5.74) is 3.94. The number of benzene rings is 2. The molecule has 0 fully saturated rings. The summed E-state index contributed by atoms with van der Waals surface area (Å²) < 4.78 is 10.9. The number of ether oxygens (including phenoxy) is 2. The van der Waals surface area contributed by atoms with Gasteiger partial charge in [0, 0.05) is 12.2 Å². The molecule has 1 aliphatic rings. The first-order chi connectivity index (χ1) is 10.2. The van der Waals surface area contributed by atoms with Crippen LogP contribution >= 0.6 is 0 Å². The Bertz CT molecular complexity index is 625. The molecule has 1 aliphatic heterocycles. The lowest BCUT2D eigenvalue weighted by molar-refractivity contribution is 0.353. The second-order valence-electron chi connectivity index (χ2n) is 5.36. The van der Waals surface area contributed by atoms with Crippen LogP contribution < -0.4 is 14.4 Å².